The van der Waals surface area contributed by atoms with E-state index < -0.39 is 29.9 Å². The van der Waals surface area contributed by atoms with E-state index in [4.69, 9.17) is 0 Å². The molecule has 1 fully saturated rings. The van der Waals surface area contributed by atoms with Crippen LogP contribution in [0.25, 0.3) is 10.2 Å². The summed E-state index contributed by atoms with van der Waals surface area (Å²) in [6.07, 6.45) is 1.29. The predicted molar refractivity (Wildman–Crippen MR) is 120 cm³/mol. The summed E-state index contributed by atoms with van der Waals surface area (Å²) in [6.45, 7) is 1.70. The molecule has 1 aromatic heterocycles. The number of fused-ring (bicyclic) bond motifs is 2. The van der Waals surface area contributed by atoms with Gasteiger partial charge in [-0.1, -0.05) is 35.1 Å². The number of hydrogen-bond acceptors (Lipinski definition) is 5. The van der Waals surface area contributed by atoms with Crippen LogP contribution in [0.4, 0.5) is 10.5 Å². The molecule has 8 nitrogen and oxygen atoms in total. The van der Waals surface area contributed by atoms with Crippen molar-refractivity contribution < 1.29 is 19.5 Å². The highest BCUT2D eigenvalue weighted by Crippen LogP contribution is 2.40. The Morgan fingerprint density at radius 2 is 1.91 bits per heavy atom. The number of benzene rings is 2. The van der Waals surface area contributed by atoms with Crippen LogP contribution in [0.5, 0.6) is 0 Å². The Kier molecular flexibility index (Phi) is 4.67. The standard InChI is InChI=1S/C23H21N3O5S/c1-12-3-4-13-5-7-17(15(13)9-12)26-20(27)16(21(28)29)11-25(22(26)30)14-6-8-18-19(10-14)32-23(31)24(18)2/h3-4,6,8-10,16-17H,5,7,11H2,1-2H3,(H,28,29). The summed E-state index contributed by atoms with van der Waals surface area (Å²) in [4.78, 5) is 53.0. The van der Waals surface area contributed by atoms with Crippen molar-refractivity contribution in [1.29, 1.82) is 0 Å². The van der Waals surface area contributed by atoms with Crippen molar-refractivity contribution in [3.63, 3.8) is 0 Å². The second kappa shape index (κ2) is 7.30. The third-order valence-electron chi connectivity index (χ3n) is 6.38. The van der Waals surface area contributed by atoms with Crippen LogP contribution in [-0.2, 0) is 23.1 Å². The number of thiazole rings is 1. The van der Waals surface area contributed by atoms with E-state index in [2.05, 4.69) is 0 Å². The SMILES string of the molecule is Cc1ccc2c(c1)C(N1C(=O)C(C(=O)O)CN(c3ccc4c(c3)sc(=O)n4C)C1=O)CC2. The zero-order valence-electron chi connectivity index (χ0n) is 17.6. The summed E-state index contributed by atoms with van der Waals surface area (Å²) in [5, 5.41) is 9.74. The second-order valence-electron chi connectivity index (χ2n) is 8.33. The maximum absolute atomic E-state index is 13.6. The van der Waals surface area contributed by atoms with E-state index in [-0.39, 0.29) is 11.4 Å². The van der Waals surface area contributed by atoms with Crippen LogP contribution in [0.15, 0.2) is 41.2 Å². The average molecular weight is 452 g/mol. The summed E-state index contributed by atoms with van der Waals surface area (Å²) < 4.78 is 2.22. The van der Waals surface area contributed by atoms with Crippen molar-refractivity contribution in [2.45, 2.75) is 25.8 Å². The molecule has 5 rings (SSSR count). The molecule has 0 spiro atoms. The number of aryl methyl sites for hydroxylation is 3. The summed E-state index contributed by atoms with van der Waals surface area (Å²) in [6, 6.07) is 10.1. The molecule has 3 aromatic rings. The summed E-state index contributed by atoms with van der Waals surface area (Å²) in [7, 11) is 1.67. The van der Waals surface area contributed by atoms with E-state index >= 15 is 0 Å². The van der Waals surface area contributed by atoms with Gasteiger partial charge in [-0.15, -0.1) is 0 Å². The molecular formula is C23H21N3O5S. The van der Waals surface area contributed by atoms with Crippen molar-refractivity contribution in [2.75, 3.05) is 11.4 Å². The Balaban J connectivity index is 1.59. The molecule has 0 radical (unpaired) electrons. The van der Waals surface area contributed by atoms with Crippen LogP contribution in [0.1, 0.15) is 29.2 Å². The molecule has 1 aliphatic heterocycles. The van der Waals surface area contributed by atoms with E-state index in [1.165, 1.54) is 9.47 Å². The molecule has 32 heavy (non-hydrogen) atoms. The van der Waals surface area contributed by atoms with Gasteiger partial charge in [0.05, 0.1) is 16.3 Å². The van der Waals surface area contributed by atoms with E-state index in [1.54, 1.807) is 25.2 Å². The molecule has 2 unspecified atom stereocenters. The molecule has 2 atom stereocenters. The highest BCUT2D eigenvalue weighted by Gasteiger charge is 2.47. The molecule has 2 heterocycles. The van der Waals surface area contributed by atoms with Gasteiger partial charge in [-0.3, -0.25) is 24.2 Å². The molecule has 1 aliphatic carbocycles. The van der Waals surface area contributed by atoms with Crippen LogP contribution in [0.2, 0.25) is 0 Å². The van der Waals surface area contributed by atoms with E-state index in [1.807, 2.05) is 25.1 Å². The lowest BCUT2D eigenvalue weighted by Gasteiger charge is -2.40. The van der Waals surface area contributed by atoms with E-state index in [0.717, 1.165) is 44.9 Å². The Morgan fingerprint density at radius 1 is 1.12 bits per heavy atom. The minimum Gasteiger partial charge on any atom is -0.481 e. The number of imide groups is 1. The van der Waals surface area contributed by atoms with Gasteiger partial charge in [0.2, 0.25) is 5.91 Å². The topological polar surface area (TPSA) is 99.9 Å². The Hall–Kier alpha value is -3.46. The van der Waals surface area contributed by atoms with Gasteiger partial charge in [-0.2, -0.15) is 0 Å². The van der Waals surface area contributed by atoms with Crippen molar-refractivity contribution >= 4 is 45.1 Å². The average Bonchev–Trinajstić information content (AvgIpc) is 3.28. The van der Waals surface area contributed by atoms with Gasteiger partial charge in [-0.05, 0) is 49.1 Å². The van der Waals surface area contributed by atoms with Gasteiger partial charge >= 0.3 is 16.9 Å². The van der Waals surface area contributed by atoms with Crippen LogP contribution in [0.3, 0.4) is 0 Å². The lowest BCUT2D eigenvalue weighted by atomic mass is 9.99. The summed E-state index contributed by atoms with van der Waals surface area (Å²) in [5.74, 6) is -3.29. The first-order chi connectivity index (χ1) is 15.3. The second-order valence-corrected chi connectivity index (χ2v) is 9.32. The fraction of sp³-hybridized carbons (Fsp3) is 0.304. The minimum atomic E-state index is -1.35. The number of aromatic nitrogens is 1. The number of carbonyl (C=O) groups excluding carboxylic acids is 2. The third kappa shape index (κ3) is 3.03. The highest BCUT2D eigenvalue weighted by molar-refractivity contribution is 7.16. The molecular weight excluding hydrogens is 430 g/mol. The number of anilines is 1. The smallest absolute Gasteiger partial charge is 0.331 e. The number of aliphatic carboxylic acids is 1. The van der Waals surface area contributed by atoms with Gasteiger partial charge in [0.25, 0.3) is 0 Å². The van der Waals surface area contributed by atoms with Gasteiger partial charge < -0.3 is 9.67 Å². The van der Waals surface area contributed by atoms with Gasteiger partial charge in [0, 0.05) is 19.3 Å². The maximum atomic E-state index is 13.6. The van der Waals surface area contributed by atoms with Crippen LogP contribution in [-0.4, -0.2) is 39.0 Å². The van der Waals surface area contributed by atoms with Gasteiger partial charge in [0.15, 0.2) is 5.92 Å². The molecule has 2 aromatic carbocycles. The number of carboxylic acid groups (broad SMARTS) is 1. The van der Waals surface area contributed by atoms with Crippen LogP contribution < -0.4 is 9.77 Å². The number of carbonyl (C=O) groups is 3. The van der Waals surface area contributed by atoms with Crippen molar-refractivity contribution in [3.8, 4) is 0 Å². The first-order valence-corrected chi connectivity index (χ1v) is 11.1. The van der Waals surface area contributed by atoms with Gasteiger partial charge in [-0.25, -0.2) is 4.79 Å². The molecule has 2 aliphatic rings. The summed E-state index contributed by atoms with van der Waals surface area (Å²) >= 11 is 1.06. The van der Waals surface area contributed by atoms with Crippen LogP contribution >= 0.6 is 11.3 Å². The molecule has 0 bridgehead atoms. The Bertz CT molecular complexity index is 1360. The molecule has 3 amide bonds. The Labute approximate surface area is 187 Å². The lowest BCUT2D eigenvalue weighted by molar-refractivity contribution is -0.151. The number of urea groups is 1. The fourth-order valence-corrected chi connectivity index (χ4v) is 5.59. The number of hydrogen-bond donors (Lipinski definition) is 1. The molecule has 0 saturated carbocycles. The molecule has 164 valence electrons. The largest absolute Gasteiger partial charge is 0.481 e. The zero-order valence-corrected chi connectivity index (χ0v) is 18.4. The van der Waals surface area contributed by atoms with Crippen LogP contribution in [0, 0.1) is 12.8 Å². The lowest BCUT2D eigenvalue weighted by Crippen LogP contribution is -2.59. The minimum absolute atomic E-state index is 0.125. The van der Waals surface area contributed by atoms with E-state index in [9.17, 15) is 24.3 Å². The number of rotatable bonds is 3. The molecule has 1 N–H and O–H groups in total. The highest BCUT2D eigenvalue weighted by atomic mass is 32.1. The monoisotopic (exact) mass is 451 g/mol. The first kappa shape index (κ1) is 20.4. The van der Waals surface area contributed by atoms with Crippen molar-refractivity contribution in [2.24, 2.45) is 13.0 Å². The van der Waals surface area contributed by atoms with Crippen molar-refractivity contribution in [1.82, 2.24) is 9.47 Å². The van der Waals surface area contributed by atoms with E-state index in [0.29, 0.717) is 16.8 Å². The maximum Gasteiger partial charge on any atom is 0.331 e. The molecule has 9 heteroatoms. The number of nitrogens with zero attached hydrogens (tertiary/aromatic N) is 3. The summed E-state index contributed by atoms with van der Waals surface area (Å²) in [5.41, 5.74) is 4.19. The predicted octanol–water partition coefficient (Wildman–Crippen LogP) is 3.07. The quantitative estimate of drug-likeness (QED) is 0.617. The molecule has 1 saturated heterocycles. The van der Waals surface area contributed by atoms with Crippen molar-refractivity contribution in [3.05, 3.63) is 62.8 Å². The van der Waals surface area contributed by atoms with Gasteiger partial charge in [0.1, 0.15) is 0 Å². The third-order valence-corrected chi connectivity index (χ3v) is 7.38. The fourth-order valence-electron chi connectivity index (χ4n) is 4.68. The first-order valence-electron chi connectivity index (χ1n) is 10.3. The normalized spacial score (nSPS) is 20.8. The number of amides is 3. The number of carboxylic acids is 1. The Morgan fingerprint density at radius 3 is 2.66 bits per heavy atom. The zero-order chi connectivity index (χ0) is 22.7.